The normalized spacial score (nSPS) is 26.0. The van der Waals surface area contributed by atoms with Crippen LogP contribution in [0.5, 0.6) is 11.5 Å². The minimum Gasteiger partial charge on any atom is -0.457 e. The van der Waals surface area contributed by atoms with Gasteiger partial charge in [-0.05, 0) is 194 Å². The van der Waals surface area contributed by atoms with Gasteiger partial charge in [-0.15, -0.1) is 0 Å². The van der Waals surface area contributed by atoms with E-state index in [0.717, 1.165) is 55.8 Å². The molecule has 4 nitrogen and oxygen atoms in total. The number of pyridine rings is 2. The van der Waals surface area contributed by atoms with Gasteiger partial charge >= 0.3 is 0 Å². The van der Waals surface area contributed by atoms with E-state index in [1.165, 1.54) is 24.3 Å². The summed E-state index contributed by atoms with van der Waals surface area (Å²) in [5.74, 6) is -0.0352. The smallest absolute Gasteiger partial charge is 0.145 e. The summed E-state index contributed by atoms with van der Waals surface area (Å²) in [5.41, 5.74) is 4.24. The van der Waals surface area contributed by atoms with Gasteiger partial charge in [0.25, 0.3) is 0 Å². The fourth-order valence-corrected chi connectivity index (χ4v) is 11.2. The predicted octanol–water partition coefficient (Wildman–Crippen LogP) is 16.5. The van der Waals surface area contributed by atoms with Gasteiger partial charge in [0.15, 0.2) is 0 Å². The highest BCUT2D eigenvalue weighted by Gasteiger charge is 2.48. The third kappa shape index (κ3) is 7.92. The highest BCUT2D eigenvalue weighted by atomic mass is 16.5. The Bertz CT molecular complexity index is 3280. The zero-order valence-corrected chi connectivity index (χ0v) is 36.3. The van der Waals surface area contributed by atoms with Crippen LogP contribution in [0.4, 0.5) is 0 Å². The summed E-state index contributed by atoms with van der Waals surface area (Å²) in [6.07, 6.45) is 8.42. The van der Waals surface area contributed by atoms with E-state index in [0.29, 0.717) is 38.8 Å². The molecule has 2 aliphatic rings. The lowest BCUT2D eigenvalue weighted by molar-refractivity contribution is -0.0280. The zero-order valence-electron chi connectivity index (χ0n) is 49.3. The Hall–Kier alpha value is -5.22. The van der Waals surface area contributed by atoms with E-state index < -0.39 is 44.4 Å². The molecule has 4 heteroatoms. The minimum absolute atomic E-state index is 0.0663. The van der Waals surface area contributed by atoms with Gasteiger partial charge in [-0.25, -0.2) is 0 Å². The SMILES string of the molecule is [2H]C([2H])([2H])c1ccc2c(c1)oc1c(-c3cc(C4CCC(C)(C5([2H])CC(C)(C)CC(C)(C)C5)CC4C)c(C)cn3)cc(Oc3cc(-c4cc(C([2H])([2H])[2H])c(C([2H])([2H])[2H])cn4)cc(-c4ccccc4)c3C([2H])([2H])[2H])cc12. The first-order chi connectivity index (χ1) is 34.2. The molecule has 4 aromatic carbocycles. The number of hydrogen-bond donors (Lipinski definition) is 0. The second kappa shape index (κ2) is 15.3. The van der Waals surface area contributed by atoms with Crippen molar-refractivity contribution in [2.45, 2.75) is 120 Å². The molecule has 7 aromatic rings. The standard InChI is InChI=1S/C57H64N2O2/c1-34-17-18-45-48-25-43(60-52-24-41(50-22-35(2)37(4)31-58-50)23-47(39(52)6)40-15-13-12-14-16-40)26-49(54(48)61-53(45)21-34)51-27-46(38(5)32-59-51)44-19-20-57(11,28-36(44)3)42-29-55(7,8)33-56(9,10)30-42/h12-18,21-27,31-32,36,42,44H,19-20,28-30,33H2,1-11H3/i1D3,2D3,4D3,6D3,42D. The van der Waals surface area contributed by atoms with Crippen molar-refractivity contribution < 1.29 is 27.0 Å². The summed E-state index contributed by atoms with van der Waals surface area (Å²) in [5, 5.41) is 1.16. The maximum Gasteiger partial charge on any atom is 0.145 e. The first-order valence-electron chi connectivity index (χ1n) is 28.1. The predicted molar refractivity (Wildman–Crippen MR) is 255 cm³/mol. The fraction of sp³-hybridized carbons (Fsp3) is 0.404. The molecule has 0 bridgehead atoms. The van der Waals surface area contributed by atoms with Crippen LogP contribution in [0.3, 0.4) is 0 Å². The van der Waals surface area contributed by atoms with Crippen LogP contribution in [0, 0.1) is 62.4 Å². The number of fused-ring (bicyclic) bond motifs is 3. The van der Waals surface area contributed by atoms with Crippen LogP contribution in [0.1, 0.15) is 137 Å². The number of furan rings is 1. The van der Waals surface area contributed by atoms with Gasteiger partial charge < -0.3 is 9.15 Å². The van der Waals surface area contributed by atoms with E-state index in [1.54, 1.807) is 54.6 Å². The van der Waals surface area contributed by atoms with Gasteiger partial charge in [0.2, 0.25) is 0 Å². The molecule has 3 atom stereocenters. The van der Waals surface area contributed by atoms with Crippen molar-refractivity contribution in [3.05, 3.63) is 131 Å². The van der Waals surface area contributed by atoms with E-state index in [4.69, 9.17) is 30.6 Å². The van der Waals surface area contributed by atoms with Gasteiger partial charge in [-0.1, -0.05) is 84.0 Å². The molecule has 2 saturated carbocycles. The molecule has 0 saturated heterocycles. The summed E-state index contributed by atoms with van der Waals surface area (Å²) in [6, 6.07) is 23.4. The van der Waals surface area contributed by atoms with Crippen molar-refractivity contribution in [1.82, 2.24) is 9.97 Å². The molecule has 314 valence electrons. The maximum absolute atomic E-state index is 10.1. The van der Waals surface area contributed by atoms with Crippen molar-refractivity contribution in [3.63, 3.8) is 0 Å². The molecule has 3 unspecified atom stereocenters. The summed E-state index contributed by atoms with van der Waals surface area (Å²) in [4.78, 5) is 9.44. The van der Waals surface area contributed by atoms with Crippen molar-refractivity contribution in [3.8, 4) is 45.1 Å². The van der Waals surface area contributed by atoms with E-state index >= 15 is 0 Å². The fourth-order valence-electron chi connectivity index (χ4n) is 11.2. The van der Waals surface area contributed by atoms with Crippen LogP contribution < -0.4 is 4.74 Å². The first kappa shape index (κ1) is 28.4. The lowest BCUT2D eigenvalue weighted by Crippen LogP contribution is -2.44. The molecule has 0 amide bonds. The Labute approximate surface area is 382 Å². The number of ether oxygens (including phenoxy) is 1. The van der Waals surface area contributed by atoms with Crippen molar-refractivity contribution >= 4 is 21.9 Å². The summed E-state index contributed by atoms with van der Waals surface area (Å²) >= 11 is 0. The molecule has 0 radical (unpaired) electrons. The number of hydrogen-bond acceptors (Lipinski definition) is 4. The Kier molecular flexibility index (Phi) is 7.12. The largest absolute Gasteiger partial charge is 0.457 e. The number of benzene rings is 4. The Balaban J connectivity index is 1.21. The number of rotatable bonds is 7. The molecule has 61 heavy (non-hydrogen) atoms. The summed E-state index contributed by atoms with van der Waals surface area (Å²) in [7, 11) is 0. The van der Waals surface area contributed by atoms with Crippen LogP contribution in [-0.4, -0.2) is 9.97 Å². The number of aryl methyl sites for hydroxylation is 4. The molecule has 2 aliphatic carbocycles. The van der Waals surface area contributed by atoms with Crippen LogP contribution >= 0.6 is 0 Å². The molecular formula is C57H64N2O2. The monoisotopic (exact) mass is 822 g/mol. The molecule has 9 rings (SSSR count). The van der Waals surface area contributed by atoms with Crippen molar-refractivity contribution in [1.29, 1.82) is 0 Å². The van der Waals surface area contributed by atoms with Crippen LogP contribution in [0.2, 0.25) is 0 Å². The zero-order chi connectivity index (χ0) is 53.9. The third-order valence-corrected chi connectivity index (χ3v) is 13.6. The van der Waals surface area contributed by atoms with Crippen molar-refractivity contribution in [2.75, 3.05) is 0 Å². The van der Waals surface area contributed by atoms with E-state index in [9.17, 15) is 1.37 Å². The molecule has 0 N–H and O–H groups in total. The topological polar surface area (TPSA) is 48.2 Å². The third-order valence-electron chi connectivity index (χ3n) is 13.6. The Morgan fingerprint density at radius 2 is 1.49 bits per heavy atom. The highest BCUT2D eigenvalue weighted by molar-refractivity contribution is 6.10. The average molecular weight is 822 g/mol. The lowest BCUT2D eigenvalue weighted by atomic mass is 9.51. The van der Waals surface area contributed by atoms with Gasteiger partial charge in [0, 0.05) is 52.1 Å². The van der Waals surface area contributed by atoms with Gasteiger partial charge in [0.05, 0.1) is 11.4 Å². The van der Waals surface area contributed by atoms with E-state index in [-0.39, 0.29) is 67.5 Å². The molecular weight excluding hydrogens is 745 g/mol. The average Bonchev–Trinajstić information content (AvgIpc) is 3.64. The summed E-state index contributed by atoms with van der Waals surface area (Å²) < 4.78 is 124. The second-order valence-electron chi connectivity index (χ2n) is 19.9. The van der Waals surface area contributed by atoms with Crippen molar-refractivity contribution in [2.24, 2.45) is 28.1 Å². The first-order valence-corrected chi connectivity index (χ1v) is 21.6. The lowest BCUT2D eigenvalue weighted by Gasteiger charge is -2.54. The molecule has 2 fully saturated rings. The molecule has 3 aromatic heterocycles. The van der Waals surface area contributed by atoms with Crippen LogP contribution in [0.25, 0.3) is 55.6 Å². The van der Waals surface area contributed by atoms with Gasteiger partial charge in [-0.2, -0.15) is 0 Å². The van der Waals surface area contributed by atoms with E-state index in [2.05, 4.69) is 59.5 Å². The molecule has 0 spiro atoms. The summed E-state index contributed by atoms with van der Waals surface area (Å²) in [6.45, 7) is 5.21. The number of aromatic nitrogens is 2. The highest BCUT2D eigenvalue weighted by Crippen LogP contribution is 2.59. The Morgan fingerprint density at radius 3 is 2.23 bits per heavy atom. The Morgan fingerprint density at radius 1 is 0.721 bits per heavy atom. The van der Waals surface area contributed by atoms with Gasteiger partial charge in [0.1, 0.15) is 22.7 Å². The van der Waals surface area contributed by atoms with Crippen LogP contribution in [0.15, 0.2) is 102 Å². The number of nitrogens with zero attached hydrogens (tertiary/aromatic N) is 2. The molecule has 0 aliphatic heterocycles. The quantitative estimate of drug-likeness (QED) is 0.161. The maximum atomic E-state index is 10.1. The second-order valence-corrected chi connectivity index (χ2v) is 19.9. The van der Waals surface area contributed by atoms with Crippen LogP contribution in [-0.2, 0) is 0 Å². The van der Waals surface area contributed by atoms with Gasteiger partial charge in [-0.3, -0.25) is 9.97 Å². The van der Waals surface area contributed by atoms with E-state index in [1.807, 2.05) is 6.20 Å². The molecule has 3 heterocycles. The minimum atomic E-state index is -2.82.